The van der Waals surface area contributed by atoms with E-state index in [2.05, 4.69) is 15.2 Å². The molecular formula is C18H18N4O3. The number of hydrogen-bond donors (Lipinski definition) is 0. The van der Waals surface area contributed by atoms with E-state index in [0.717, 1.165) is 16.6 Å². The van der Waals surface area contributed by atoms with Gasteiger partial charge in [-0.3, -0.25) is 9.78 Å². The third kappa shape index (κ3) is 2.98. The highest BCUT2D eigenvalue weighted by Crippen LogP contribution is 2.24. The SMILES string of the molecule is Cc1ccc2cccc(C(=O)N3CCO[C@@H](c4nnc(C)o4)C3)c2n1. The molecule has 0 spiro atoms. The van der Waals surface area contributed by atoms with Gasteiger partial charge in [0, 0.05) is 24.5 Å². The van der Waals surface area contributed by atoms with E-state index in [9.17, 15) is 4.79 Å². The number of para-hydroxylation sites is 1. The molecule has 3 aromatic rings. The van der Waals surface area contributed by atoms with Crippen LogP contribution in [0, 0.1) is 13.8 Å². The number of carbonyl (C=O) groups is 1. The highest BCUT2D eigenvalue weighted by molar-refractivity contribution is 6.05. The fourth-order valence-electron chi connectivity index (χ4n) is 3.01. The zero-order valence-corrected chi connectivity index (χ0v) is 14.1. The third-order valence-electron chi connectivity index (χ3n) is 4.26. The Bertz CT molecular complexity index is 937. The van der Waals surface area contributed by atoms with Gasteiger partial charge in [0.1, 0.15) is 0 Å². The van der Waals surface area contributed by atoms with Crippen molar-refractivity contribution in [2.24, 2.45) is 0 Å². The number of carbonyl (C=O) groups excluding carboxylic acids is 1. The second-order valence-corrected chi connectivity index (χ2v) is 6.10. The van der Waals surface area contributed by atoms with Crippen molar-refractivity contribution < 1.29 is 13.9 Å². The molecule has 1 atom stereocenters. The Morgan fingerprint density at radius 2 is 2.08 bits per heavy atom. The Balaban J connectivity index is 1.63. The van der Waals surface area contributed by atoms with Crippen LogP contribution in [-0.2, 0) is 4.74 Å². The summed E-state index contributed by atoms with van der Waals surface area (Å²) in [5.41, 5.74) is 2.21. The smallest absolute Gasteiger partial charge is 0.256 e. The Hall–Kier alpha value is -2.80. The largest absolute Gasteiger partial charge is 0.423 e. The van der Waals surface area contributed by atoms with Gasteiger partial charge in [0.25, 0.3) is 5.91 Å². The van der Waals surface area contributed by atoms with Gasteiger partial charge in [0.05, 0.1) is 24.2 Å². The van der Waals surface area contributed by atoms with Crippen LogP contribution in [0.15, 0.2) is 34.7 Å². The van der Waals surface area contributed by atoms with Crippen molar-refractivity contribution in [2.75, 3.05) is 19.7 Å². The molecule has 0 saturated carbocycles. The first kappa shape index (κ1) is 15.7. The van der Waals surface area contributed by atoms with E-state index in [1.165, 1.54) is 0 Å². The summed E-state index contributed by atoms with van der Waals surface area (Å²) in [5.74, 6) is 0.825. The molecule has 1 amide bonds. The molecule has 1 aromatic carbocycles. The molecule has 1 fully saturated rings. The zero-order chi connectivity index (χ0) is 17.4. The fraction of sp³-hybridized carbons (Fsp3) is 0.333. The van der Waals surface area contributed by atoms with Crippen molar-refractivity contribution in [3.8, 4) is 0 Å². The minimum absolute atomic E-state index is 0.0618. The third-order valence-corrected chi connectivity index (χ3v) is 4.26. The molecule has 2 aromatic heterocycles. The van der Waals surface area contributed by atoms with E-state index in [-0.39, 0.29) is 5.91 Å². The summed E-state index contributed by atoms with van der Waals surface area (Å²) in [5, 5.41) is 8.79. The van der Waals surface area contributed by atoms with Crippen molar-refractivity contribution >= 4 is 16.8 Å². The molecule has 0 unspecified atom stereocenters. The number of rotatable bonds is 2. The summed E-state index contributed by atoms with van der Waals surface area (Å²) in [6.45, 7) is 4.97. The van der Waals surface area contributed by atoms with Gasteiger partial charge in [-0.25, -0.2) is 0 Å². The molecule has 1 aliphatic heterocycles. The minimum atomic E-state index is -0.399. The summed E-state index contributed by atoms with van der Waals surface area (Å²) >= 11 is 0. The summed E-state index contributed by atoms with van der Waals surface area (Å²) in [7, 11) is 0. The molecule has 7 nitrogen and oxygen atoms in total. The van der Waals surface area contributed by atoms with Crippen molar-refractivity contribution in [3.63, 3.8) is 0 Å². The van der Waals surface area contributed by atoms with Crippen LogP contribution in [0.5, 0.6) is 0 Å². The molecule has 3 heterocycles. The van der Waals surface area contributed by atoms with Crippen LogP contribution in [0.1, 0.15) is 33.9 Å². The predicted molar refractivity (Wildman–Crippen MR) is 90.1 cm³/mol. The first-order chi connectivity index (χ1) is 12.1. The van der Waals surface area contributed by atoms with Crippen molar-refractivity contribution in [1.82, 2.24) is 20.1 Å². The van der Waals surface area contributed by atoms with Crippen LogP contribution in [0.4, 0.5) is 0 Å². The van der Waals surface area contributed by atoms with E-state index >= 15 is 0 Å². The van der Waals surface area contributed by atoms with Gasteiger partial charge in [0.15, 0.2) is 6.10 Å². The average molecular weight is 338 g/mol. The maximum atomic E-state index is 13.1. The lowest BCUT2D eigenvalue weighted by Crippen LogP contribution is -2.42. The molecule has 4 rings (SSSR count). The second kappa shape index (κ2) is 6.25. The molecular weight excluding hydrogens is 320 g/mol. The average Bonchev–Trinajstić information content (AvgIpc) is 3.07. The van der Waals surface area contributed by atoms with Crippen LogP contribution >= 0.6 is 0 Å². The molecule has 25 heavy (non-hydrogen) atoms. The molecule has 0 bridgehead atoms. The normalized spacial score (nSPS) is 17.8. The Kier molecular flexibility index (Phi) is 3.93. The van der Waals surface area contributed by atoms with Crippen LogP contribution in [-0.4, -0.2) is 45.7 Å². The standard InChI is InChI=1S/C18H18N4O3/c1-11-6-7-13-4-3-5-14(16(13)19-11)18(23)22-8-9-24-15(10-22)17-21-20-12(2)25-17/h3-7,15H,8-10H2,1-2H3/t15-/m1/s1. The number of hydrogen-bond acceptors (Lipinski definition) is 6. The highest BCUT2D eigenvalue weighted by Gasteiger charge is 2.30. The lowest BCUT2D eigenvalue weighted by molar-refractivity contribution is -0.0348. The van der Waals surface area contributed by atoms with Crippen molar-refractivity contribution in [2.45, 2.75) is 20.0 Å². The lowest BCUT2D eigenvalue weighted by Gasteiger charge is -2.31. The van der Waals surface area contributed by atoms with Gasteiger partial charge >= 0.3 is 0 Å². The topological polar surface area (TPSA) is 81.4 Å². The zero-order valence-electron chi connectivity index (χ0n) is 14.1. The van der Waals surface area contributed by atoms with Gasteiger partial charge < -0.3 is 14.1 Å². The number of amides is 1. The van der Waals surface area contributed by atoms with Crippen LogP contribution in [0.25, 0.3) is 10.9 Å². The molecule has 1 aliphatic rings. The monoisotopic (exact) mass is 338 g/mol. The maximum absolute atomic E-state index is 13.1. The first-order valence-corrected chi connectivity index (χ1v) is 8.19. The number of aromatic nitrogens is 3. The van der Waals surface area contributed by atoms with E-state index in [1.54, 1.807) is 11.8 Å². The molecule has 128 valence electrons. The highest BCUT2D eigenvalue weighted by atomic mass is 16.5. The first-order valence-electron chi connectivity index (χ1n) is 8.19. The summed E-state index contributed by atoms with van der Waals surface area (Å²) in [6, 6.07) is 9.59. The van der Waals surface area contributed by atoms with Gasteiger partial charge in [-0.2, -0.15) is 0 Å². The number of ether oxygens (including phenoxy) is 1. The number of benzene rings is 1. The van der Waals surface area contributed by atoms with E-state index < -0.39 is 6.10 Å². The number of aryl methyl sites for hydroxylation is 2. The number of morpholine rings is 1. The quantitative estimate of drug-likeness (QED) is 0.714. The Morgan fingerprint density at radius 1 is 1.20 bits per heavy atom. The molecule has 0 radical (unpaired) electrons. The molecule has 0 N–H and O–H groups in total. The van der Waals surface area contributed by atoms with Gasteiger partial charge in [-0.1, -0.05) is 18.2 Å². The van der Waals surface area contributed by atoms with E-state index in [1.807, 2.05) is 37.3 Å². The summed E-state index contributed by atoms with van der Waals surface area (Å²) in [6.07, 6.45) is -0.399. The number of fused-ring (bicyclic) bond motifs is 1. The van der Waals surface area contributed by atoms with Crippen molar-refractivity contribution in [1.29, 1.82) is 0 Å². The predicted octanol–water partition coefficient (Wildman–Crippen LogP) is 2.45. The number of pyridine rings is 1. The Morgan fingerprint density at radius 3 is 2.88 bits per heavy atom. The number of nitrogens with zero attached hydrogens (tertiary/aromatic N) is 4. The van der Waals surface area contributed by atoms with Crippen LogP contribution in [0.3, 0.4) is 0 Å². The minimum Gasteiger partial charge on any atom is -0.423 e. The van der Waals surface area contributed by atoms with Gasteiger partial charge in [-0.05, 0) is 19.1 Å². The second-order valence-electron chi connectivity index (χ2n) is 6.10. The lowest BCUT2D eigenvalue weighted by atomic mass is 10.1. The van der Waals surface area contributed by atoms with E-state index in [0.29, 0.717) is 37.0 Å². The molecule has 1 saturated heterocycles. The van der Waals surface area contributed by atoms with Crippen molar-refractivity contribution in [3.05, 3.63) is 53.4 Å². The Labute approximate surface area is 144 Å². The van der Waals surface area contributed by atoms with Crippen LogP contribution < -0.4 is 0 Å². The summed E-state index contributed by atoms with van der Waals surface area (Å²) in [4.78, 5) is 19.4. The summed E-state index contributed by atoms with van der Waals surface area (Å²) < 4.78 is 11.1. The van der Waals surface area contributed by atoms with Crippen LogP contribution in [0.2, 0.25) is 0 Å². The van der Waals surface area contributed by atoms with Gasteiger partial charge in [0.2, 0.25) is 11.8 Å². The molecule has 0 aliphatic carbocycles. The van der Waals surface area contributed by atoms with E-state index in [4.69, 9.17) is 9.15 Å². The molecule has 7 heteroatoms. The van der Waals surface area contributed by atoms with Gasteiger partial charge in [-0.15, -0.1) is 10.2 Å². The maximum Gasteiger partial charge on any atom is 0.256 e. The fourth-order valence-corrected chi connectivity index (χ4v) is 3.01.